The molecule has 1 amide bonds. The SMILES string of the molecule is CCn1ncc2c(C(=O)NCc3nncn3-c3ccccc3)cc(-c3ccccc3)nc21. The Morgan fingerprint density at radius 3 is 2.53 bits per heavy atom. The van der Waals surface area contributed by atoms with E-state index in [0.717, 1.165) is 16.9 Å². The molecule has 2 aromatic carbocycles. The molecular weight excluding hydrogens is 402 g/mol. The van der Waals surface area contributed by atoms with Gasteiger partial charge >= 0.3 is 0 Å². The number of benzene rings is 2. The molecule has 0 bridgehead atoms. The molecule has 0 unspecified atom stereocenters. The fourth-order valence-corrected chi connectivity index (χ4v) is 3.66. The Labute approximate surface area is 184 Å². The predicted molar refractivity (Wildman–Crippen MR) is 121 cm³/mol. The van der Waals surface area contributed by atoms with E-state index in [2.05, 4.69) is 20.6 Å². The minimum absolute atomic E-state index is 0.215. The minimum Gasteiger partial charge on any atom is -0.345 e. The summed E-state index contributed by atoms with van der Waals surface area (Å²) in [5.74, 6) is 0.426. The Morgan fingerprint density at radius 2 is 1.78 bits per heavy atom. The smallest absolute Gasteiger partial charge is 0.252 e. The van der Waals surface area contributed by atoms with Crippen molar-refractivity contribution in [3.05, 3.63) is 90.6 Å². The fourth-order valence-electron chi connectivity index (χ4n) is 3.66. The number of nitrogens with one attached hydrogen (secondary N) is 1. The van der Waals surface area contributed by atoms with Crippen molar-refractivity contribution in [2.75, 3.05) is 0 Å². The summed E-state index contributed by atoms with van der Waals surface area (Å²) in [6, 6.07) is 21.4. The zero-order chi connectivity index (χ0) is 21.9. The normalized spacial score (nSPS) is 11.0. The molecule has 0 saturated carbocycles. The van der Waals surface area contributed by atoms with Gasteiger partial charge in [-0.3, -0.25) is 9.36 Å². The highest BCUT2D eigenvalue weighted by Gasteiger charge is 2.18. The molecule has 8 heteroatoms. The minimum atomic E-state index is -0.215. The average Bonchev–Trinajstić information content (AvgIpc) is 3.50. The van der Waals surface area contributed by atoms with Gasteiger partial charge in [-0.2, -0.15) is 5.10 Å². The molecule has 3 aromatic heterocycles. The van der Waals surface area contributed by atoms with Crippen molar-refractivity contribution in [3.8, 4) is 16.9 Å². The van der Waals surface area contributed by atoms with Gasteiger partial charge in [0.15, 0.2) is 11.5 Å². The van der Waals surface area contributed by atoms with E-state index in [0.29, 0.717) is 29.0 Å². The Morgan fingerprint density at radius 1 is 1.03 bits per heavy atom. The van der Waals surface area contributed by atoms with Gasteiger partial charge in [-0.1, -0.05) is 48.5 Å². The van der Waals surface area contributed by atoms with Gasteiger partial charge in [-0.15, -0.1) is 10.2 Å². The van der Waals surface area contributed by atoms with Crippen molar-refractivity contribution < 1.29 is 4.79 Å². The summed E-state index contributed by atoms with van der Waals surface area (Å²) in [4.78, 5) is 18.0. The number of hydrogen-bond donors (Lipinski definition) is 1. The van der Waals surface area contributed by atoms with Crippen molar-refractivity contribution in [2.45, 2.75) is 20.0 Å². The Bertz CT molecular complexity index is 1370. The highest BCUT2D eigenvalue weighted by molar-refractivity contribution is 6.06. The van der Waals surface area contributed by atoms with Crippen molar-refractivity contribution in [3.63, 3.8) is 0 Å². The number of amides is 1. The average molecular weight is 423 g/mol. The fraction of sp³-hybridized carbons (Fsp3) is 0.125. The maximum Gasteiger partial charge on any atom is 0.252 e. The first-order chi connectivity index (χ1) is 15.7. The van der Waals surface area contributed by atoms with E-state index >= 15 is 0 Å². The van der Waals surface area contributed by atoms with Crippen LogP contribution in [-0.4, -0.2) is 35.4 Å². The highest BCUT2D eigenvalue weighted by atomic mass is 16.1. The summed E-state index contributed by atoms with van der Waals surface area (Å²) in [5.41, 5.74) is 3.82. The van der Waals surface area contributed by atoms with E-state index in [1.54, 1.807) is 17.2 Å². The molecule has 8 nitrogen and oxygen atoms in total. The maximum atomic E-state index is 13.2. The molecule has 0 aliphatic carbocycles. The van der Waals surface area contributed by atoms with Crippen molar-refractivity contribution in [2.24, 2.45) is 0 Å². The zero-order valence-electron chi connectivity index (χ0n) is 17.5. The van der Waals surface area contributed by atoms with Crippen LogP contribution in [0.5, 0.6) is 0 Å². The van der Waals surface area contributed by atoms with E-state index in [9.17, 15) is 4.79 Å². The van der Waals surface area contributed by atoms with Gasteiger partial charge in [-0.05, 0) is 25.1 Å². The molecule has 158 valence electrons. The quantitative estimate of drug-likeness (QED) is 0.450. The van der Waals surface area contributed by atoms with Crippen molar-refractivity contribution in [1.29, 1.82) is 0 Å². The first-order valence-electron chi connectivity index (χ1n) is 10.4. The molecule has 0 atom stereocenters. The first kappa shape index (κ1) is 19.6. The van der Waals surface area contributed by atoms with Crippen LogP contribution in [0.25, 0.3) is 28.0 Å². The van der Waals surface area contributed by atoms with Crippen LogP contribution in [0.1, 0.15) is 23.1 Å². The van der Waals surface area contributed by atoms with E-state index in [1.165, 1.54) is 0 Å². The molecule has 32 heavy (non-hydrogen) atoms. The number of pyridine rings is 1. The molecule has 0 aliphatic rings. The third kappa shape index (κ3) is 3.62. The molecule has 5 aromatic rings. The number of fused-ring (bicyclic) bond motifs is 1. The lowest BCUT2D eigenvalue weighted by Gasteiger charge is -2.10. The van der Waals surface area contributed by atoms with Crippen LogP contribution >= 0.6 is 0 Å². The monoisotopic (exact) mass is 423 g/mol. The lowest BCUT2D eigenvalue weighted by molar-refractivity contribution is 0.0951. The van der Waals surface area contributed by atoms with Gasteiger partial charge < -0.3 is 5.32 Å². The number of carbonyl (C=O) groups is 1. The van der Waals surface area contributed by atoms with Gasteiger partial charge in [0.25, 0.3) is 5.91 Å². The van der Waals surface area contributed by atoms with E-state index in [4.69, 9.17) is 4.98 Å². The summed E-state index contributed by atoms with van der Waals surface area (Å²) in [7, 11) is 0. The number of carbonyl (C=O) groups excluding carboxylic acids is 1. The molecule has 0 radical (unpaired) electrons. The second kappa shape index (κ2) is 8.43. The second-order valence-electron chi connectivity index (χ2n) is 7.25. The van der Waals surface area contributed by atoms with Crippen LogP contribution in [0.3, 0.4) is 0 Å². The standard InChI is InChI=1S/C24H21N7O/c1-2-31-23-20(14-27-31)19(13-21(28-23)17-9-5-3-6-10-17)24(32)25-15-22-29-26-16-30(22)18-11-7-4-8-12-18/h3-14,16H,2,15H2,1H3,(H,25,32). The Kier molecular flexibility index (Phi) is 5.17. The van der Waals surface area contributed by atoms with Gasteiger partial charge in [0.05, 0.1) is 29.4 Å². The largest absolute Gasteiger partial charge is 0.345 e. The van der Waals surface area contributed by atoms with Gasteiger partial charge in [0, 0.05) is 17.8 Å². The second-order valence-corrected chi connectivity index (χ2v) is 7.25. The van der Waals surface area contributed by atoms with Crippen LogP contribution in [-0.2, 0) is 13.1 Å². The molecule has 0 aliphatic heterocycles. The molecule has 3 heterocycles. The predicted octanol–water partition coefficient (Wildman–Crippen LogP) is 3.63. The molecular formula is C24H21N7O. The van der Waals surface area contributed by atoms with Crippen LogP contribution in [0.15, 0.2) is 79.3 Å². The number of hydrogen-bond acceptors (Lipinski definition) is 5. The number of aromatic nitrogens is 6. The Hall–Kier alpha value is -4.33. The van der Waals surface area contributed by atoms with Crippen LogP contribution in [0, 0.1) is 0 Å². The van der Waals surface area contributed by atoms with E-state index in [-0.39, 0.29) is 12.5 Å². The number of aryl methyl sites for hydroxylation is 1. The maximum absolute atomic E-state index is 13.2. The molecule has 0 spiro atoms. The lowest BCUT2D eigenvalue weighted by Crippen LogP contribution is -2.25. The van der Waals surface area contributed by atoms with Gasteiger partial charge in [0.1, 0.15) is 6.33 Å². The zero-order valence-corrected chi connectivity index (χ0v) is 17.5. The Balaban J connectivity index is 1.48. The van der Waals surface area contributed by atoms with E-state index < -0.39 is 0 Å². The van der Waals surface area contributed by atoms with Crippen LogP contribution < -0.4 is 5.32 Å². The topological polar surface area (TPSA) is 90.5 Å². The van der Waals surface area contributed by atoms with Gasteiger partial charge in [-0.25, -0.2) is 9.67 Å². The number of para-hydroxylation sites is 1. The summed E-state index contributed by atoms with van der Waals surface area (Å²) < 4.78 is 3.65. The third-order valence-corrected chi connectivity index (χ3v) is 5.28. The number of rotatable bonds is 6. The number of nitrogens with zero attached hydrogens (tertiary/aromatic N) is 6. The van der Waals surface area contributed by atoms with Crippen molar-refractivity contribution >= 4 is 16.9 Å². The van der Waals surface area contributed by atoms with Crippen LogP contribution in [0.2, 0.25) is 0 Å². The first-order valence-corrected chi connectivity index (χ1v) is 10.4. The third-order valence-electron chi connectivity index (χ3n) is 5.28. The molecule has 0 fully saturated rings. The molecule has 1 N–H and O–H groups in total. The highest BCUT2D eigenvalue weighted by Crippen LogP contribution is 2.25. The summed E-state index contributed by atoms with van der Waals surface area (Å²) in [5, 5.41) is 16.3. The summed E-state index contributed by atoms with van der Waals surface area (Å²) in [6.07, 6.45) is 3.34. The summed E-state index contributed by atoms with van der Waals surface area (Å²) >= 11 is 0. The van der Waals surface area contributed by atoms with E-state index in [1.807, 2.05) is 78.2 Å². The van der Waals surface area contributed by atoms with Crippen molar-refractivity contribution in [1.82, 2.24) is 34.8 Å². The van der Waals surface area contributed by atoms with Gasteiger partial charge in [0.2, 0.25) is 0 Å². The lowest BCUT2D eigenvalue weighted by atomic mass is 10.1. The summed E-state index contributed by atoms with van der Waals surface area (Å²) in [6.45, 7) is 2.90. The molecule has 0 saturated heterocycles. The molecule has 5 rings (SSSR count). The van der Waals surface area contributed by atoms with Crippen LogP contribution in [0.4, 0.5) is 0 Å².